The molecule has 2 aliphatic heterocycles. The Bertz CT molecular complexity index is 1090. The van der Waals surface area contributed by atoms with Crippen molar-refractivity contribution in [3.63, 3.8) is 0 Å². The van der Waals surface area contributed by atoms with Crippen LogP contribution in [0, 0.1) is 0 Å². The van der Waals surface area contributed by atoms with Crippen molar-refractivity contribution in [3.05, 3.63) is 52.2 Å². The summed E-state index contributed by atoms with van der Waals surface area (Å²) >= 11 is 1.51. The quantitative estimate of drug-likeness (QED) is 0.453. The van der Waals surface area contributed by atoms with Crippen molar-refractivity contribution in [2.45, 2.75) is 17.9 Å². The Hall–Kier alpha value is -2.60. The van der Waals surface area contributed by atoms with Gasteiger partial charge in [0.2, 0.25) is 10.0 Å². The molecule has 0 bridgehead atoms. The van der Waals surface area contributed by atoms with E-state index in [0.29, 0.717) is 25.2 Å². The smallest absolute Gasteiger partial charge is 0.334 e. The molecule has 3 heterocycles. The standard InChI is InChI=1S/C20H21N3O6S2/c24-18-19(25)23(20(26)22(18)7-6-16-4-2-12-30-16)14-15-3-1-5-17(13-15)31(27,28)21-8-10-29-11-9-21/h1-5,12-13H,6-11,14H2. The van der Waals surface area contributed by atoms with Gasteiger partial charge in [-0.2, -0.15) is 4.31 Å². The number of imide groups is 2. The van der Waals surface area contributed by atoms with Crippen LogP contribution in [0.1, 0.15) is 10.4 Å². The maximum Gasteiger partial charge on any atom is 0.334 e. The van der Waals surface area contributed by atoms with Crippen LogP contribution in [0.15, 0.2) is 46.7 Å². The van der Waals surface area contributed by atoms with Gasteiger partial charge in [-0.25, -0.2) is 13.2 Å². The van der Waals surface area contributed by atoms with Crippen molar-refractivity contribution in [1.29, 1.82) is 0 Å². The molecule has 0 N–H and O–H groups in total. The molecule has 9 nitrogen and oxygen atoms in total. The molecule has 2 fully saturated rings. The van der Waals surface area contributed by atoms with Crippen molar-refractivity contribution >= 4 is 39.2 Å². The molecular formula is C20H21N3O6S2. The molecule has 1 aromatic heterocycles. The first-order chi connectivity index (χ1) is 14.9. The van der Waals surface area contributed by atoms with E-state index in [1.165, 1.54) is 27.8 Å². The lowest BCUT2D eigenvalue weighted by Gasteiger charge is -2.26. The summed E-state index contributed by atoms with van der Waals surface area (Å²) in [5.41, 5.74) is 0.448. The van der Waals surface area contributed by atoms with Crippen molar-refractivity contribution in [2.24, 2.45) is 0 Å². The Morgan fingerprint density at radius 2 is 1.71 bits per heavy atom. The maximum absolute atomic E-state index is 12.9. The highest BCUT2D eigenvalue weighted by atomic mass is 32.2. The minimum Gasteiger partial charge on any atom is -0.379 e. The molecule has 2 saturated heterocycles. The molecule has 0 radical (unpaired) electrons. The number of benzene rings is 1. The second kappa shape index (κ2) is 8.87. The van der Waals surface area contributed by atoms with Crippen molar-refractivity contribution in [1.82, 2.24) is 14.1 Å². The van der Waals surface area contributed by atoms with E-state index in [9.17, 15) is 22.8 Å². The number of hydrogen-bond acceptors (Lipinski definition) is 7. The number of ether oxygens (including phenoxy) is 1. The third kappa shape index (κ3) is 4.40. The molecule has 31 heavy (non-hydrogen) atoms. The summed E-state index contributed by atoms with van der Waals surface area (Å²) in [7, 11) is -3.71. The summed E-state index contributed by atoms with van der Waals surface area (Å²) in [4.78, 5) is 40.3. The molecule has 0 aliphatic carbocycles. The van der Waals surface area contributed by atoms with Gasteiger partial charge < -0.3 is 4.74 Å². The van der Waals surface area contributed by atoms with Crippen LogP contribution in [-0.4, -0.2) is 73.2 Å². The zero-order valence-corrected chi connectivity index (χ0v) is 18.2. The summed E-state index contributed by atoms with van der Waals surface area (Å²) in [6.07, 6.45) is 0.476. The van der Waals surface area contributed by atoms with Crippen LogP contribution < -0.4 is 0 Å². The molecular weight excluding hydrogens is 442 g/mol. The van der Waals surface area contributed by atoms with Crippen LogP contribution in [0.2, 0.25) is 0 Å². The van der Waals surface area contributed by atoms with E-state index in [1.54, 1.807) is 12.1 Å². The zero-order chi connectivity index (χ0) is 22.0. The molecule has 164 valence electrons. The predicted molar refractivity (Wildman–Crippen MR) is 112 cm³/mol. The van der Waals surface area contributed by atoms with E-state index >= 15 is 0 Å². The Labute approximate surface area is 183 Å². The highest BCUT2D eigenvalue weighted by Gasteiger charge is 2.44. The van der Waals surface area contributed by atoms with E-state index in [0.717, 1.165) is 14.7 Å². The van der Waals surface area contributed by atoms with Crippen molar-refractivity contribution in [3.8, 4) is 0 Å². The topological polar surface area (TPSA) is 104 Å². The number of nitrogens with zero attached hydrogens (tertiary/aromatic N) is 3. The second-order valence-corrected chi connectivity index (χ2v) is 10.1. The Morgan fingerprint density at radius 3 is 2.42 bits per heavy atom. The molecule has 0 unspecified atom stereocenters. The van der Waals surface area contributed by atoms with E-state index in [1.807, 2.05) is 17.5 Å². The van der Waals surface area contributed by atoms with Gasteiger partial charge in [0.15, 0.2) is 0 Å². The van der Waals surface area contributed by atoms with Crippen molar-refractivity contribution in [2.75, 3.05) is 32.8 Å². The molecule has 1 aromatic carbocycles. The van der Waals surface area contributed by atoms with Crippen LogP contribution in [-0.2, 0) is 37.3 Å². The largest absolute Gasteiger partial charge is 0.379 e. The normalized spacial score (nSPS) is 18.3. The Balaban J connectivity index is 1.48. The number of hydrogen-bond donors (Lipinski definition) is 0. The lowest BCUT2D eigenvalue weighted by atomic mass is 10.2. The number of sulfonamides is 1. The highest BCUT2D eigenvalue weighted by Crippen LogP contribution is 2.22. The Kier molecular flexibility index (Phi) is 6.19. The lowest BCUT2D eigenvalue weighted by Crippen LogP contribution is -2.40. The summed E-state index contributed by atoms with van der Waals surface area (Å²) in [6, 6.07) is 9.18. The number of urea groups is 1. The molecule has 4 rings (SSSR count). The molecule has 2 aliphatic rings. The summed E-state index contributed by atoms with van der Waals surface area (Å²) in [6.45, 7) is 1.14. The maximum atomic E-state index is 12.9. The fourth-order valence-corrected chi connectivity index (χ4v) is 5.66. The fraction of sp³-hybridized carbons (Fsp3) is 0.350. The minimum absolute atomic E-state index is 0.0758. The van der Waals surface area contributed by atoms with Gasteiger partial charge in [0.05, 0.1) is 24.7 Å². The van der Waals surface area contributed by atoms with E-state index in [2.05, 4.69) is 0 Å². The van der Waals surface area contributed by atoms with Gasteiger partial charge in [0.1, 0.15) is 0 Å². The number of amides is 4. The zero-order valence-electron chi connectivity index (χ0n) is 16.6. The third-order valence-corrected chi connectivity index (χ3v) is 7.97. The van der Waals surface area contributed by atoms with E-state index < -0.39 is 27.9 Å². The summed E-state index contributed by atoms with van der Waals surface area (Å²) < 4.78 is 32.3. The average Bonchev–Trinajstić information content (AvgIpc) is 3.37. The number of thiophene rings is 1. The van der Waals surface area contributed by atoms with Gasteiger partial charge in [-0.3, -0.25) is 19.4 Å². The van der Waals surface area contributed by atoms with Gasteiger partial charge in [-0.05, 0) is 29.1 Å². The molecule has 0 saturated carbocycles. The number of carbonyl (C=O) groups excluding carboxylic acids is 3. The molecule has 0 atom stereocenters. The molecule has 11 heteroatoms. The van der Waals surface area contributed by atoms with Gasteiger partial charge in [0.25, 0.3) is 0 Å². The first kappa shape index (κ1) is 21.6. The van der Waals surface area contributed by atoms with Gasteiger partial charge in [-0.1, -0.05) is 18.2 Å². The van der Waals surface area contributed by atoms with Crippen LogP contribution in [0.5, 0.6) is 0 Å². The summed E-state index contributed by atoms with van der Waals surface area (Å²) in [5, 5.41) is 1.90. The van der Waals surface area contributed by atoms with Crippen LogP contribution in [0.4, 0.5) is 4.79 Å². The summed E-state index contributed by atoms with van der Waals surface area (Å²) in [5.74, 6) is -1.77. The van der Waals surface area contributed by atoms with Crippen LogP contribution in [0.3, 0.4) is 0 Å². The highest BCUT2D eigenvalue weighted by molar-refractivity contribution is 7.89. The van der Waals surface area contributed by atoms with Gasteiger partial charge in [0, 0.05) is 30.9 Å². The third-order valence-electron chi connectivity index (χ3n) is 5.14. The predicted octanol–water partition coefficient (Wildman–Crippen LogP) is 1.30. The monoisotopic (exact) mass is 463 g/mol. The fourth-order valence-electron chi connectivity index (χ4n) is 3.49. The second-order valence-electron chi connectivity index (χ2n) is 7.12. The lowest BCUT2D eigenvalue weighted by molar-refractivity contribution is -0.143. The molecule has 4 amide bonds. The average molecular weight is 464 g/mol. The number of carbonyl (C=O) groups is 3. The minimum atomic E-state index is -3.71. The first-order valence-corrected chi connectivity index (χ1v) is 12.1. The van der Waals surface area contributed by atoms with Crippen molar-refractivity contribution < 1.29 is 27.5 Å². The van der Waals surface area contributed by atoms with Gasteiger partial charge >= 0.3 is 17.8 Å². The SMILES string of the molecule is O=C1C(=O)N(Cc2cccc(S(=O)(=O)N3CCOCC3)c2)C(=O)N1CCc1cccs1. The van der Waals surface area contributed by atoms with E-state index in [4.69, 9.17) is 4.74 Å². The molecule has 2 aromatic rings. The molecule has 0 spiro atoms. The van der Waals surface area contributed by atoms with E-state index in [-0.39, 0.29) is 31.1 Å². The van der Waals surface area contributed by atoms with Crippen LogP contribution >= 0.6 is 11.3 Å². The van der Waals surface area contributed by atoms with Crippen LogP contribution in [0.25, 0.3) is 0 Å². The number of rotatable bonds is 7. The Morgan fingerprint density at radius 1 is 0.968 bits per heavy atom. The first-order valence-electron chi connectivity index (χ1n) is 9.74. The number of morpholine rings is 1. The van der Waals surface area contributed by atoms with Gasteiger partial charge in [-0.15, -0.1) is 11.3 Å².